The highest BCUT2D eigenvalue weighted by atomic mass is 28.3. The van der Waals surface area contributed by atoms with Crippen LogP contribution in [0.25, 0.3) is 0 Å². The third-order valence-corrected chi connectivity index (χ3v) is 13.9. The number of allylic oxidation sites excluding steroid dienone is 3. The van der Waals surface area contributed by atoms with Crippen LogP contribution in [0.15, 0.2) is 23.3 Å². The molecular formula is C44H66O8Si2. The predicted octanol–water partition coefficient (Wildman–Crippen LogP) is 9.84. The molecule has 0 spiro atoms. The third kappa shape index (κ3) is 11.3. The molecule has 0 amide bonds. The third-order valence-electron chi connectivity index (χ3n) is 10.5. The smallest absolute Gasteiger partial charge is 0.342 e. The first-order valence-electron chi connectivity index (χ1n) is 19.8. The minimum atomic E-state index is -1.25. The maximum Gasteiger partial charge on any atom is 0.342 e. The van der Waals surface area contributed by atoms with E-state index in [4.69, 9.17) is 18.9 Å². The summed E-state index contributed by atoms with van der Waals surface area (Å²) < 4.78 is 23.2. The van der Waals surface area contributed by atoms with Crippen LogP contribution in [0.2, 0.25) is 51.4 Å². The highest BCUT2D eigenvalue weighted by Gasteiger charge is 2.34. The van der Waals surface area contributed by atoms with Gasteiger partial charge in [0.25, 0.3) is 0 Å². The number of aliphatic hydroxyl groups is 1. The summed E-state index contributed by atoms with van der Waals surface area (Å²) in [4.78, 5) is 36.1. The van der Waals surface area contributed by atoms with E-state index in [0.29, 0.717) is 68.3 Å². The first kappa shape index (κ1) is 44.9. The molecule has 0 fully saturated rings. The van der Waals surface area contributed by atoms with Gasteiger partial charge in [-0.2, -0.15) is 0 Å². The number of hydrogen-bond acceptors (Lipinski definition) is 8. The molecule has 2 aromatic carbocycles. The van der Waals surface area contributed by atoms with Crippen LogP contribution in [0.3, 0.4) is 0 Å². The zero-order valence-electron chi connectivity index (χ0n) is 35.2. The standard InChI is InChI=1S/C22H34O4Si.C22H32O4Si/c2*1-7-16(13-23)9-10-18-17(8-2)15(3)19-14-26-22(24)20(19)21(18)25-11-12-27(4,5)6/h9,23H,7-8,10-14H2,1-6H3;9,13H,7-8,10-12,14H2,1-6H3. The van der Waals surface area contributed by atoms with E-state index in [1.165, 1.54) is 11.1 Å². The van der Waals surface area contributed by atoms with Gasteiger partial charge in [0.2, 0.25) is 0 Å². The summed E-state index contributed by atoms with van der Waals surface area (Å²) in [5, 5.41) is 9.51. The quantitative estimate of drug-likeness (QED) is 0.0524. The van der Waals surface area contributed by atoms with E-state index in [-0.39, 0.29) is 18.5 Å². The molecule has 0 bridgehead atoms. The van der Waals surface area contributed by atoms with Crippen molar-refractivity contribution in [2.24, 2.45) is 0 Å². The van der Waals surface area contributed by atoms with Crippen LogP contribution in [0.4, 0.5) is 0 Å². The van der Waals surface area contributed by atoms with Gasteiger partial charge in [0.15, 0.2) is 0 Å². The second kappa shape index (κ2) is 19.9. The normalized spacial score (nSPS) is 14.2. The van der Waals surface area contributed by atoms with Crippen LogP contribution < -0.4 is 9.47 Å². The molecule has 0 aromatic heterocycles. The number of carbonyl (C=O) groups excluding carboxylic acids is 3. The number of fused-ring (bicyclic) bond motifs is 2. The van der Waals surface area contributed by atoms with E-state index in [1.54, 1.807) is 0 Å². The molecular weight excluding hydrogens is 713 g/mol. The monoisotopic (exact) mass is 778 g/mol. The van der Waals surface area contributed by atoms with Crippen LogP contribution in [-0.4, -0.2) is 59.3 Å². The average molecular weight is 779 g/mol. The van der Waals surface area contributed by atoms with Crippen LogP contribution in [0.5, 0.6) is 11.5 Å². The average Bonchev–Trinajstić information content (AvgIpc) is 3.70. The zero-order valence-corrected chi connectivity index (χ0v) is 37.2. The molecule has 2 aromatic rings. The molecule has 0 saturated heterocycles. The van der Waals surface area contributed by atoms with Crippen molar-refractivity contribution in [3.05, 3.63) is 78.9 Å². The number of hydrogen-bond donors (Lipinski definition) is 1. The van der Waals surface area contributed by atoms with Crippen molar-refractivity contribution in [2.75, 3.05) is 19.8 Å². The lowest BCUT2D eigenvalue weighted by molar-refractivity contribution is -0.105. The molecule has 0 saturated carbocycles. The maximum atomic E-state index is 12.5. The Morgan fingerprint density at radius 3 is 1.44 bits per heavy atom. The highest BCUT2D eigenvalue weighted by molar-refractivity contribution is 6.76. The molecule has 8 nitrogen and oxygen atoms in total. The van der Waals surface area contributed by atoms with E-state index in [2.05, 4.69) is 73.1 Å². The van der Waals surface area contributed by atoms with Crippen molar-refractivity contribution >= 4 is 34.4 Å². The van der Waals surface area contributed by atoms with E-state index in [9.17, 15) is 19.5 Å². The number of rotatable bonds is 18. The molecule has 1 N–H and O–H groups in total. The Kier molecular flexibility index (Phi) is 16.6. The van der Waals surface area contributed by atoms with E-state index >= 15 is 0 Å². The molecule has 4 rings (SSSR count). The molecule has 2 heterocycles. The minimum Gasteiger partial charge on any atom is -0.493 e. The SMILES string of the molecule is CCC(=CCc1c(CC)c(C)c2c(c1OCC[Si](C)(C)C)C(=O)OC2)CO.CCC(C=O)=CCc1c(CC)c(C)c2c(c1OCC[Si](C)(C)C)C(=O)OC2. The van der Waals surface area contributed by atoms with Gasteiger partial charge in [-0.1, -0.05) is 79.1 Å². The van der Waals surface area contributed by atoms with Gasteiger partial charge in [-0.25, -0.2) is 9.59 Å². The molecule has 0 aliphatic carbocycles. The van der Waals surface area contributed by atoms with E-state index in [1.807, 2.05) is 19.9 Å². The van der Waals surface area contributed by atoms with Gasteiger partial charge >= 0.3 is 11.9 Å². The number of benzene rings is 2. The van der Waals surface area contributed by atoms with Gasteiger partial charge in [-0.3, -0.25) is 4.79 Å². The molecule has 0 unspecified atom stereocenters. The van der Waals surface area contributed by atoms with Crippen LogP contribution in [0, 0.1) is 13.8 Å². The largest absolute Gasteiger partial charge is 0.493 e. The van der Waals surface area contributed by atoms with Crippen LogP contribution in [-0.2, 0) is 53.2 Å². The molecule has 298 valence electrons. The van der Waals surface area contributed by atoms with Crippen LogP contribution in [0.1, 0.15) is 106 Å². The topological polar surface area (TPSA) is 108 Å². The number of carbonyl (C=O) groups is 3. The Morgan fingerprint density at radius 2 is 1.11 bits per heavy atom. The summed E-state index contributed by atoms with van der Waals surface area (Å²) in [6, 6.07) is 2.06. The summed E-state index contributed by atoms with van der Waals surface area (Å²) in [7, 11) is -2.49. The molecule has 2 aliphatic rings. The first-order chi connectivity index (χ1) is 25.5. The van der Waals surface area contributed by atoms with Gasteiger partial charge in [0, 0.05) is 38.4 Å². The fourth-order valence-corrected chi connectivity index (χ4v) is 8.39. The minimum absolute atomic E-state index is 0.0652. The van der Waals surface area contributed by atoms with E-state index in [0.717, 1.165) is 82.2 Å². The van der Waals surface area contributed by atoms with Gasteiger partial charge in [0.05, 0.1) is 19.8 Å². The Labute approximate surface area is 326 Å². The number of ether oxygens (including phenoxy) is 4. The Hall–Kier alpha value is -3.48. The molecule has 0 atom stereocenters. The molecule has 54 heavy (non-hydrogen) atoms. The number of cyclic esters (lactones) is 2. The van der Waals surface area contributed by atoms with Crippen LogP contribution >= 0.6 is 0 Å². The molecule has 2 aliphatic heterocycles. The van der Waals surface area contributed by atoms with Crippen molar-refractivity contribution in [1.29, 1.82) is 0 Å². The van der Waals surface area contributed by atoms with Gasteiger partial charge in [-0.15, -0.1) is 0 Å². The summed E-state index contributed by atoms with van der Waals surface area (Å²) >= 11 is 0. The van der Waals surface area contributed by atoms with Crippen molar-refractivity contribution in [3.63, 3.8) is 0 Å². The first-order valence-corrected chi connectivity index (χ1v) is 27.2. The second-order valence-corrected chi connectivity index (χ2v) is 28.0. The van der Waals surface area contributed by atoms with Crippen molar-refractivity contribution in [1.82, 2.24) is 0 Å². The number of aldehydes is 1. The fourth-order valence-electron chi connectivity index (χ4n) is 6.96. The maximum absolute atomic E-state index is 12.5. The van der Waals surface area contributed by atoms with Gasteiger partial charge in [-0.05, 0) is 97.9 Å². The van der Waals surface area contributed by atoms with Gasteiger partial charge < -0.3 is 24.1 Å². The predicted molar refractivity (Wildman–Crippen MR) is 224 cm³/mol. The fraction of sp³-hybridized carbons (Fsp3) is 0.568. The molecule has 0 radical (unpaired) electrons. The summed E-state index contributed by atoms with van der Waals surface area (Å²) in [6.07, 6.45) is 9.44. The zero-order chi connectivity index (χ0) is 40.4. The summed E-state index contributed by atoms with van der Waals surface area (Å²) in [5.41, 5.74) is 11.7. The van der Waals surface area contributed by atoms with Gasteiger partial charge in [0.1, 0.15) is 42.1 Å². The second-order valence-electron chi connectivity index (χ2n) is 16.7. The number of esters is 2. The number of aliphatic hydroxyl groups excluding tert-OH is 1. The lowest BCUT2D eigenvalue weighted by Crippen LogP contribution is -2.23. The van der Waals surface area contributed by atoms with Crippen molar-refractivity contribution in [3.8, 4) is 11.5 Å². The Bertz CT molecular complexity index is 1730. The van der Waals surface area contributed by atoms with Crippen molar-refractivity contribution in [2.45, 2.75) is 145 Å². The lowest BCUT2D eigenvalue weighted by Gasteiger charge is -2.22. The van der Waals surface area contributed by atoms with E-state index < -0.39 is 16.1 Å². The van der Waals surface area contributed by atoms with Crippen molar-refractivity contribution < 1.29 is 38.4 Å². The highest BCUT2D eigenvalue weighted by Crippen LogP contribution is 2.41. The Morgan fingerprint density at radius 1 is 0.685 bits per heavy atom. The lowest BCUT2D eigenvalue weighted by atomic mass is 9.89. The summed E-state index contributed by atoms with van der Waals surface area (Å²) in [5.74, 6) is 0.806. The molecule has 10 heteroatoms. The Balaban J connectivity index is 0.000000290. The summed E-state index contributed by atoms with van der Waals surface area (Å²) in [6.45, 7) is 28.2.